The summed E-state index contributed by atoms with van der Waals surface area (Å²) in [5.41, 5.74) is 6.44. The van der Waals surface area contributed by atoms with Crippen LogP contribution in [-0.2, 0) is 11.0 Å². The predicted molar refractivity (Wildman–Crippen MR) is 138 cm³/mol. The van der Waals surface area contributed by atoms with E-state index < -0.39 is 29.5 Å². The fraction of sp³-hybridized carbons (Fsp3) is 0.364. The molecule has 13 heteroatoms. The number of anilines is 1. The van der Waals surface area contributed by atoms with Gasteiger partial charge in [0.05, 0.1) is 39.1 Å². The van der Waals surface area contributed by atoms with Crippen LogP contribution in [0.1, 0.15) is 44.0 Å². The zero-order chi connectivity index (χ0) is 25.4. The van der Waals surface area contributed by atoms with Crippen LogP contribution in [0.2, 0.25) is 5.02 Å². The maximum atomic E-state index is 13.6. The molecule has 0 amide bonds. The second kappa shape index (κ2) is 10.1. The van der Waals surface area contributed by atoms with Crippen molar-refractivity contribution in [2.45, 2.75) is 44.3 Å². The van der Waals surface area contributed by atoms with Crippen LogP contribution in [0.25, 0.3) is 16.7 Å². The van der Waals surface area contributed by atoms with E-state index in [1.54, 1.807) is 12.1 Å². The van der Waals surface area contributed by atoms with Gasteiger partial charge in [-0.25, -0.2) is 18.0 Å². The molecule has 186 valence electrons. The van der Waals surface area contributed by atoms with Crippen molar-refractivity contribution in [3.8, 4) is 5.69 Å². The Bertz CT molecular complexity index is 1470. The van der Waals surface area contributed by atoms with Crippen molar-refractivity contribution in [1.82, 2.24) is 14.5 Å². The summed E-state index contributed by atoms with van der Waals surface area (Å²) in [4.78, 5) is 21.2. The molecular formula is C22H23ClF2N6O2S2. The number of H-pyrrole nitrogens is 1. The Labute approximate surface area is 212 Å². The van der Waals surface area contributed by atoms with Gasteiger partial charge >= 0.3 is 0 Å². The van der Waals surface area contributed by atoms with Gasteiger partial charge in [0.15, 0.2) is 0 Å². The lowest BCUT2D eigenvalue weighted by Gasteiger charge is -2.22. The lowest BCUT2D eigenvalue weighted by molar-refractivity contribution is 0.163. The molecule has 2 heterocycles. The number of hydrogen-bond acceptors (Lipinski definition) is 5. The highest BCUT2D eigenvalue weighted by Crippen LogP contribution is 2.33. The van der Waals surface area contributed by atoms with Crippen LogP contribution < -0.4 is 16.6 Å². The standard InChI is InChI=1S/C22H23ClF2N6O2S2/c1-10(2)21-29-20-12(5-8-16(34)28-20)22(32)31(21)14-7-6-13(23)17(18(14)27-9-15(24)25)19(26)30-35(33)11-3-4-11/h5-8,10-11,15,27H,3-4,9H2,1-2H3,(H2,26,30)(H,28,34). The van der Waals surface area contributed by atoms with Crippen molar-refractivity contribution in [1.29, 1.82) is 0 Å². The highest BCUT2D eigenvalue weighted by Gasteiger charge is 2.29. The van der Waals surface area contributed by atoms with Gasteiger partial charge in [-0.15, -0.1) is 0 Å². The van der Waals surface area contributed by atoms with Crippen molar-refractivity contribution >= 4 is 57.4 Å². The maximum Gasteiger partial charge on any atom is 0.267 e. The van der Waals surface area contributed by atoms with Gasteiger partial charge in [-0.05, 0) is 37.1 Å². The van der Waals surface area contributed by atoms with E-state index in [0.717, 1.165) is 12.8 Å². The molecular weight excluding hydrogens is 518 g/mol. The Balaban J connectivity index is 2.03. The third kappa shape index (κ3) is 5.29. The van der Waals surface area contributed by atoms with Crippen LogP contribution in [0, 0.1) is 4.64 Å². The molecule has 1 fully saturated rings. The van der Waals surface area contributed by atoms with Crippen molar-refractivity contribution in [3.63, 3.8) is 0 Å². The Morgan fingerprint density at radius 2 is 2.09 bits per heavy atom. The first kappa shape index (κ1) is 25.4. The number of benzene rings is 1. The number of rotatable bonds is 8. The Morgan fingerprint density at radius 3 is 2.71 bits per heavy atom. The predicted octanol–water partition coefficient (Wildman–Crippen LogP) is 4.43. The van der Waals surface area contributed by atoms with E-state index in [2.05, 4.69) is 19.7 Å². The van der Waals surface area contributed by atoms with E-state index in [1.165, 1.54) is 16.7 Å². The van der Waals surface area contributed by atoms with E-state index >= 15 is 0 Å². The summed E-state index contributed by atoms with van der Waals surface area (Å²) in [6.07, 6.45) is -1.16. The molecule has 1 aliphatic carbocycles. The smallest absolute Gasteiger partial charge is 0.267 e. The topological polar surface area (TPSA) is 118 Å². The van der Waals surface area contributed by atoms with Gasteiger partial charge in [0, 0.05) is 5.92 Å². The SMILES string of the molecule is CC(C)c1nc2[nH]c(=S)ccc2c(=O)n1-c1ccc(Cl)c(/C(N)=N/S(=O)C2CC2)c1NCC(F)F. The molecule has 4 N–H and O–H groups in total. The van der Waals surface area contributed by atoms with Gasteiger partial charge in [-0.3, -0.25) is 9.36 Å². The first-order valence-electron chi connectivity index (χ1n) is 10.8. The largest absolute Gasteiger partial charge is 0.382 e. The molecule has 3 aromatic rings. The van der Waals surface area contributed by atoms with Crippen LogP contribution in [0.3, 0.4) is 0 Å². The second-order valence-corrected chi connectivity index (χ2v) is 10.6. The molecule has 0 radical (unpaired) electrons. The molecule has 0 bridgehead atoms. The first-order valence-corrected chi connectivity index (χ1v) is 12.8. The lowest BCUT2D eigenvalue weighted by atomic mass is 10.1. The number of fused-ring (bicyclic) bond motifs is 1. The summed E-state index contributed by atoms with van der Waals surface area (Å²) in [5, 5.41) is 2.95. The normalized spacial score (nSPS) is 15.2. The minimum absolute atomic E-state index is 0.0702. The van der Waals surface area contributed by atoms with Crippen molar-refractivity contribution in [2.75, 3.05) is 11.9 Å². The highest BCUT2D eigenvalue weighted by atomic mass is 35.5. The summed E-state index contributed by atoms with van der Waals surface area (Å²) >= 11 is 11.6. The summed E-state index contributed by atoms with van der Waals surface area (Å²) in [7, 11) is -1.58. The zero-order valence-corrected chi connectivity index (χ0v) is 21.2. The molecule has 1 aromatic carbocycles. The number of aromatic nitrogens is 3. The van der Waals surface area contributed by atoms with E-state index in [4.69, 9.17) is 29.6 Å². The van der Waals surface area contributed by atoms with E-state index in [0.29, 0.717) is 16.1 Å². The Morgan fingerprint density at radius 1 is 1.37 bits per heavy atom. The maximum absolute atomic E-state index is 13.6. The number of aromatic amines is 1. The highest BCUT2D eigenvalue weighted by molar-refractivity contribution is 7.84. The Kier molecular flexibility index (Phi) is 7.34. The quantitative estimate of drug-likeness (QED) is 0.221. The summed E-state index contributed by atoms with van der Waals surface area (Å²) in [6, 6.07) is 6.14. The van der Waals surface area contributed by atoms with Crippen molar-refractivity contribution in [3.05, 3.63) is 55.7 Å². The average Bonchev–Trinajstić information content (AvgIpc) is 3.63. The van der Waals surface area contributed by atoms with E-state index in [9.17, 15) is 17.8 Å². The molecule has 1 atom stereocenters. The van der Waals surface area contributed by atoms with Gasteiger partial charge in [0.25, 0.3) is 12.0 Å². The van der Waals surface area contributed by atoms with Gasteiger partial charge in [-0.2, -0.15) is 4.40 Å². The molecule has 0 saturated heterocycles. The third-order valence-electron chi connectivity index (χ3n) is 5.36. The molecule has 0 spiro atoms. The molecule has 4 rings (SSSR count). The average molecular weight is 541 g/mol. The minimum atomic E-state index is -2.70. The third-order valence-corrected chi connectivity index (χ3v) is 7.34. The number of alkyl halides is 2. The molecule has 8 nitrogen and oxygen atoms in total. The summed E-state index contributed by atoms with van der Waals surface area (Å²) in [6.45, 7) is 2.96. The van der Waals surface area contributed by atoms with Crippen LogP contribution >= 0.6 is 23.8 Å². The molecule has 0 aliphatic heterocycles. The zero-order valence-electron chi connectivity index (χ0n) is 18.8. The number of pyridine rings is 1. The lowest BCUT2D eigenvalue weighted by Crippen LogP contribution is -2.28. The number of halogens is 3. The monoisotopic (exact) mass is 540 g/mol. The molecule has 2 aromatic heterocycles. The van der Waals surface area contributed by atoms with Crippen molar-refractivity contribution in [2.24, 2.45) is 10.1 Å². The molecule has 1 unspecified atom stereocenters. The Hall–Kier alpha value is -2.70. The van der Waals surface area contributed by atoms with Crippen LogP contribution in [0.15, 0.2) is 33.5 Å². The van der Waals surface area contributed by atoms with Crippen LogP contribution in [0.4, 0.5) is 14.5 Å². The van der Waals surface area contributed by atoms with Gasteiger partial charge in [0.1, 0.15) is 32.9 Å². The van der Waals surface area contributed by atoms with Gasteiger partial charge in [0.2, 0.25) is 0 Å². The molecule has 1 saturated carbocycles. The van der Waals surface area contributed by atoms with Crippen molar-refractivity contribution < 1.29 is 13.0 Å². The first-order chi connectivity index (χ1) is 16.6. The second-order valence-electron chi connectivity index (χ2n) is 8.39. The fourth-order valence-electron chi connectivity index (χ4n) is 3.58. The van der Waals surface area contributed by atoms with Crippen LogP contribution in [0.5, 0.6) is 0 Å². The van der Waals surface area contributed by atoms with E-state index in [-0.39, 0.29) is 44.4 Å². The summed E-state index contributed by atoms with van der Waals surface area (Å²) in [5.74, 6) is -0.0367. The van der Waals surface area contributed by atoms with Crippen LogP contribution in [-0.4, -0.2) is 42.8 Å². The van der Waals surface area contributed by atoms with Gasteiger partial charge in [-0.1, -0.05) is 37.7 Å². The number of amidine groups is 1. The minimum Gasteiger partial charge on any atom is -0.382 e. The number of nitrogens with zero attached hydrogens (tertiary/aromatic N) is 3. The number of nitrogens with one attached hydrogen (secondary N) is 2. The number of nitrogens with two attached hydrogens (primary N) is 1. The van der Waals surface area contributed by atoms with E-state index in [1.807, 2.05) is 13.8 Å². The molecule has 35 heavy (non-hydrogen) atoms. The molecule has 1 aliphatic rings. The summed E-state index contributed by atoms with van der Waals surface area (Å²) < 4.78 is 44.7. The fourth-order valence-corrected chi connectivity index (χ4v) is 4.97. The number of hydrogen-bond donors (Lipinski definition) is 3. The van der Waals surface area contributed by atoms with Gasteiger partial charge < -0.3 is 16.0 Å².